The van der Waals surface area contributed by atoms with E-state index in [0.717, 1.165) is 6.20 Å². The number of fused-ring (bicyclic) bond motifs is 1. The second kappa shape index (κ2) is 8.99. The molecule has 3 aromatic rings. The summed E-state index contributed by atoms with van der Waals surface area (Å²) in [6.45, 7) is 0.252. The number of carbonyl (C=O) groups is 1. The molecule has 11 heteroatoms. The van der Waals surface area contributed by atoms with Crippen molar-refractivity contribution >= 4 is 28.2 Å². The van der Waals surface area contributed by atoms with Crippen LogP contribution in [0, 0.1) is 10.1 Å². The molecule has 0 unspecified atom stereocenters. The Morgan fingerprint density at radius 1 is 1.27 bits per heavy atom. The standard InChI is InChI=1S/C19H19N5O6/c1-29-16-8-12-14(9-17(16)30-2)21-11-23(19(12)26)7-3-4-18(25)22-13-5-6-20-10-15(13)24(27)28/h5-6,8-11H,3-4,7H2,1-2H3,(H,20,22,25). The molecule has 0 aliphatic heterocycles. The number of amides is 1. The summed E-state index contributed by atoms with van der Waals surface area (Å²) in [6, 6.07) is 4.54. The zero-order valence-corrected chi connectivity index (χ0v) is 16.3. The molecule has 0 bridgehead atoms. The molecule has 0 aliphatic carbocycles. The number of nitro groups is 1. The van der Waals surface area contributed by atoms with E-state index in [1.165, 1.54) is 37.4 Å². The lowest BCUT2D eigenvalue weighted by Crippen LogP contribution is -2.22. The summed E-state index contributed by atoms with van der Waals surface area (Å²) in [6.07, 6.45) is 4.23. The molecular weight excluding hydrogens is 394 g/mol. The number of carbonyl (C=O) groups excluding carboxylic acids is 1. The van der Waals surface area contributed by atoms with Crippen LogP contribution >= 0.6 is 0 Å². The number of aryl methyl sites for hydroxylation is 1. The first-order valence-electron chi connectivity index (χ1n) is 8.94. The highest BCUT2D eigenvalue weighted by atomic mass is 16.6. The minimum absolute atomic E-state index is 0.0654. The second-order valence-electron chi connectivity index (χ2n) is 6.27. The molecule has 0 saturated carbocycles. The van der Waals surface area contributed by atoms with Gasteiger partial charge in [0.05, 0.1) is 36.4 Å². The Bertz CT molecular complexity index is 1160. The SMILES string of the molecule is COc1cc2ncn(CCCC(=O)Nc3ccncc3[N+](=O)[O-])c(=O)c2cc1OC. The van der Waals surface area contributed by atoms with E-state index >= 15 is 0 Å². The Hall–Kier alpha value is -4.02. The van der Waals surface area contributed by atoms with Gasteiger partial charge in [-0.1, -0.05) is 0 Å². The maximum atomic E-state index is 12.7. The number of benzene rings is 1. The van der Waals surface area contributed by atoms with Gasteiger partial charge in [0.25, 0.3) is 5.56 Å². The summed E-state index contributed by atoms with van der Waals surface area (Å²) in [5, 5.41) is 13.8. The number of pyridine rings is 1. The van der Waals surface area contributed by atoms with Crippen LogP contribution in [0.25, 0.3) is 10.9 Å². The molecule has 1 N–H and O–H groups in total. The van der Waals surface area contributed by atoms with Crippen LogP contribution in [0.2, 0.25) is 0 Å². The lowest BCUT2D eigenvalue weighted by molar-refractivity contribution is -0.384. The van der Waals surface area contributed by atoms with Crippen molar-refractivity contribution in [2.45, 2.75) is 19.4 Å². The zero-order valence-electron chi connectivity index (χ0n) is 16.3. The average molecular weight is 413 g/mol. The van der Waals surface area contributed by atoms with E-state index in [-0.39, 0.29) is 29.9 Å². The molecule has 0 aliphatic rings. The van der Waals surface area contributed by atoms with E-state index in [9.17, 15) is 19.7 Å². The third-order valence-electron chi connectivity index (χ3n) is 4.40. The summed E-state index contributed by atoms with van der Waals surface area (Å²) in [7, 11) is 2.97. The fourth-order valence-corrected chi connectivity index (χ4v) is 2.90. The van der Waals surface area contributed by atoms with Crippen LogP contribution in [0.3, 0.4) is 0 Å². The van der Waals surface area contributed by atoms with Crippen molar-refractivity contribution in [3.05, 3.63) is 57.4 Å². The molecule has 1 aromatic carbocycles. The normalized spacial score (nSPS) is 10.6. The molecule has 0 saturated heterocycles. The first-order valence-corrected chi connectivity index (χ1v) is 8.94. The topological polar surface area (TPSA) is 138 Å². The highest BCUT2D eigenvalue weighted by Gasteiger charge is 2.16. The minimum atomic E-state index is -0.619. The summed E-state index contributed by atoms with van der Waals surface area (Å²) in [4.78, 5) is 43.2. The zero-order chi connectivity index (χ0) is 21.7. The highest BCUT2D eigenvalue weighted by Crippen LogP contribution is 2.29. The van der Waals surface area contributed by atoms with Gasteiger partial charge in [0.1, 0.15) is 11.9 Å². The molecule has 0 fully saturated rings. The molecule has 11 nitrogen and oxygen atoms in total. The van der Waals surface area contributed by atoms with Gasteiger partial charge in [-0.2, -0.15) is 0 Å². The number of anilines is 1. The van der Waals surface area contributed by atoms with E-state index in [1.807, 2.05) is 0 Å². The van der Waals surface area contributed by atoms with Crippen molar-refractivity contribution in [3.8, 4) is 11.5 Å². The molecule has 3 rings (SSSR count). The fourth-order valence-electron chi connectivity index (χ4n) is 2.90. The first-order chi connectivity index (χ1) is 14.4. The molecular formula is C19H19N5O6. The fraction of sp³-hybridized carbons (Fsp3) is 0.263. The lowest BCUT2D eigenvalue weighted by atomic mass is 10.2. The predicted octanol–water partition coefficient (Wildman–Crippen LogP) is 2.14. The number of methoxy groups -OCH3 is 2. The van der Waals surface area contributed by atoms with E-state index in [4.69, 9.17) is 9.47 Å². The molecule has 0 spiro atoms. The quantitative estimate of drug-likeness (QED) is 0.438. The molecule has 156 valence electrons. The Labute approximate surface area is 170 Å². The van der Waals surface area contributed by atoms with E-state index in [0.29, 0.717) is 28.8 Å². The van der Waals surface area contributed by atoms with Crippen molar-refractivity contribution in [3.63, 3.8) is 0 Å². The predicted molar refractivity (Wildman–Crippen MR) is 108 cm³/mol. The van der Waals surface area contributed by atoms with Gasteiger partial charge in [-0.15, -0.1) is 0 Å². The van der Waals surface area contributed by atoms with Crippen molar-refractivity contribution in [2.75, 3.05) is 19.5 Å². The Morgan fingerprint density at radius 3 is 2.70 bits per heavy atom. The van der Waals surface area contributed by atoms with Gasteiger partial charge in [-0.25, -0.2) is 4.98 Å². The highest BCUT2D eigenvalue weighted by molar-refractivity contribution is 5.92. The monoisotopic (exact) mass is 413 g/mol. The summed E-state index contributed by atoms with van der Waals surface area (Å²) in [5.74, 6) is 0.481. The Balaban J connectivity index is 1.69. The number of nitrogens with zero attached hydrogens (tertiary/aromatic N) is 4. The van der Waals surface area contributed by atoms with Gasteiger partial charge in [0.2, 0.25) is 5.91 Å². The molecule has 0 radical (unpaired) electrons. The molecule has 2 heterocycles. The largest absolute Gasteiger partial charge is 0.493 e. The van der Waals surface area contributed by atoms with Crippen LogP contribution < -0.4 is 20.3 Å². The van der Waals surface area contributed by atoms with Crippen molar-refractivity contribution < 1.29 is 19.2 Å². The van der Waals surface area contributed by atoms with Crippen LogP contribution in [0.5, 0.6) is 11.5 Å². The molecule has 2 aromatic heterocycles. The van der Waals surface area contributed by atoms with Gasteiger partial charge in [0.15, 0.2) is 11.5 Å². The summed E-state index contributed by atoms with van der Waals surface area (Å²) < 4.78 is 11.8. The number of hydrogen-bond acceptors (Lipinski definition) is 8. The van der Waals surface area contributed by atoms with Gasteiger partial charge in [0, 0.05) is 25.2 Å². The first kappa shape index (κ1) is 20.7. The van der Waals surface area contributed by atoms with Crippen LogP contribution in [0.1, 0.15) is 12.8 Å². The van der Waals surface area contributed by atoms with Gasteiger partial charge in [-0.05, 0) is 18.6 Å². The van der Waals surface area contributed by atoms with Crippen LogP contribution in [-0.4, -0.2) is 39.6 Å². The third-order valence-corrected chi connectivity index (χ3v) is 4.40. The number of aromatic nitrogens is 3. The lowest BCUT2D eigenvalue weighted by Gasteiger charge is -2.10. The van der Waals surface area contributed by atoms with Gasteiger partial charge >= 0.3 is 5.69 Å². The maximum Gasteiger partial charge on any atom is 0.310 e. The maximum absolute atomic E-state index is 12.7. The van der Waals surface area contributed by atoms with Crippen molar-refractivity contribution in [2.24, 2.45) is 0 Å². The van der Waals surface area contributed by atoms with Crippen LogP contribution in [-0.2, 0) is 11.3 Å². The Morgan fingerprint density at radius 2 is 2.00 bits per heavy atom. The summed E-state index contributed by atoms with van der Waals surface area (Å²) >= 11 is 0. The van der Waals surface area contributed by atoms with Crippen molar-refractivity contribution in [1.29, 1.82) is 0 Å². The van der Waals surface area contributed by atoms with E-state index in [1.54, 1.807) is 12.1 Å². The smallest absolute Gasteiger partial charge is 0.310 e. The second-order valence-corrected chi connectivity index (χ2v) is 6.27. The van der Waals surface area contributed by atoms with E-state index in [2.05, 4.69) is 15.3 Å². The average Bonchev–Trinajstić information content (AvgIpc) is 2.74. The number of nitrogens with one attached hydrogen (secondary N) is 1. The van der Waals surface area contributed by atoms with Crippen LogP contribution in [0.4, 0.5) is 11.4 Å². The Kier molecular flexibility index (Phi) is 6.20. The van der Waals surface area contributed by atoms with Crippen molar-refractivity contribution in [1.82, 2.24) is 14.5 Å². The molecule has 30 heavy (non-hydrogen) atoms. The number of ether oxygens (including phenoxy) is 2. The van der Waals surface area contributed by atoms with E-state index < -0.39 is 10.8 Å². The van der Waals surface area contributed by atoms with Gasteiger partial charge in [-0.3, -0.25) is 29.3 Å². The minimum Gasteiger partial charge on any atom is -0.493 e. The number of hydrogen-bond donors (Lipinski definition) is 1. The third kappa shape index (κ3) is 4.35. The molecule has 1 amide bonds. The molecule has 0 atom stereocenters. The summed E-state index contributed by atoms with van der Waals surface area (Å²) in [5.41, 5.74) is -0.0153. The van der Waals surface area contributed by atoms with Gasteiger partial charge < -0.3 is 14.8 Å². The van der Waals surface area contributed by atoms with Crippen LogP contribution in [0.15, 0.2) is 41.7 Å². The number of rotatable bonds is 8.